The first-order valence-corrected chi connectivity index (χ1v) is 7.58. The van der Waals surface area contributed by atoms with Crippen molar-refractivity contribution in [3.8, 4) is 0 Å². The first-order valence-electron chi connectivity index (χ1n) is 6.70. The van der Waals surface area contributed by atoms with Crippen molar-refractivity contribution >= 4 is 35.7 Å². The molecule has 1 aromatic rings. The number of rotatable bonds is 4. The van der Waals surface area contributed by atoms with Gasteiger partial charge in [0.2, 0.25) is 5.91 Å². The second-order valence-corrected chi connectivity index (χ2v) is 5.87. The highest BCUT2D eigenvalue weighted by Gasteiger charge is 2.20. The van der Waals surface area contributed by atoms with Gasteiger partial charge in [0.15, 0.2) is 0 Å². The summed E-state index contributed by atoms with van der Waals surface area (Å²) in [6.45, 7) is 5.35. The summed E-state index contributed by atoms with van der Waals surface area (Å²) < 4.78 is 0. The zero-order valence-electron chi connectivity index (χ0n) is 11.9. The van der Waals surface area contributed by atoms with E-state index in [0.717, 1.165) is 24.5 Å². The van der Waals surface area contributed by atoms with E-state index in [2.05, 4.69) is 27.8 Å². The SMILES string of the molecule is C[C@@H]1CNCCN1CC(=O)NC(=O)NCc1cccs1.Cl. The van der Waals surface area contributed by atoms with E-state index in [0.29, 0.717) is 12.6 Å². The van der Waals surface area contributed by atoms with Gasteiger partial charge in [-0.15, -0.1) is 23.7 Å². The average molecular weight is 333 g/mol. The molecule has 1 aliphatic rings. The van der Waals surface area contributed by atoms with Gasteiger partial charge >= 0.3 is 6.03 Å². The zero-order valence-corrected chi connectivity index (χ0v) is 13.6. The molecule has 0 spiro atoms. The van der Waals surface area contributed by atoms with Crippen molar-refractivity contribution in [1.29, 1.82) is 0 Å². The van der Waals surface area contributed by atoms with E-state index in [1.807, 2.05) is 17.5 Å². The Morgan fingerprint density at radius 3 is 3.00 bits per heavy atom. The van der Waals surface area contributed by atoms with E-state index in [-0.39, 0.29) is 24.9 Å². The molecule has 1 aromatic heterocycles. The Morgan fingerprint density at radius 2 is 2.33 bits per heavy atom. The van der Waals surface area contributed by atoms with Crippen molar-refractivity contribution < 1.29 is 9.59 Å². The first kappa shape index (κ1) is 17.9. The number of halogens is 1. The predicted octanol–water partition coefficient (Wildman–Crippen LogP) is 0.789. The topological polar surface area (TPSA) is 73.5 Å². The van der Waals surface area contributed by atoms with Crippen molar-refractivity contribution in [1.82, 2.24) is 20.9 Å². The van der Waals surface area contributed by atoms with Gasteiger partial charge in [-0.25, -0.2) is 4.79 Å². The maximum atomic E-state index is 11.8. The van der Waals surface area contributed by atoms with Gasteiger partial charge in [0, 0.05) is 30.6 Å². The monoisotopic (exact) mass is 332 g/mol. The number of urea groups is 1. The molecule has 8 heteroatoms. The lowest BCUT2D eigenvalue weighted by Gasteiger charge is -2.33. The highest BCUT2D eigenvalue weighted by Crippen LogP contribution is 2.07. The maximum absolute atomic E-state index is 11.8. The van der Waals surface area contributed by atoms with Crippen LogP contribution in [0.15, 0.2) is 17.5 Å². The maximum Gasteiger partial charge on any atom is 0.321 e. The number of carbonyl (C=O) groups excluding carboxylic acids is 2. The Kier molecular flexibility index (Phi) is 7.66. The van der Waals surface area contributed by atoms with Crippen LogP contribution in [0.3, 0.4) is 0 Å². The molecule has 118 valence electrons. The summed E-state index contributed by atoms with van der Waals surface area (Å²) >= 11 is 1.57. The molecular weight excluding hydrogens is 312 g/mol. The van der Waals surface area contributed by atoms with Gasteiger partial charge in [0.25, 0.3) is 0 Å². The number of imide groups is 1. The molecule has 21 heavy (non-hydrogen) atoms. The summed E-state index contributed by atoms with van der Waals surface area (Å²) in [5.41, 5.74) is 0. The Labute approximate surface area is 134 Å². The van der Waals surface area contributed by atoms with E-state index >= 15 is 0 Å². The molecule has 0 aliphatic carbocycles. The molecule has 3 N–H and O–H groups in total. The molecule has 0 radical (unpaired) electrons. The molecule has 0 bridgehead atoms. The van der Waals surface area contributed by atoms with Crippen LogP contribution >= 0.6 is 23.7 Å². The molecule has 1 atom stereocenters. The summed E-state index contributed by atoms with van der Waals surface area (Å²) in [7, 11) is 0. The van der Waals surface area contributed by atoms with Gasteiger partial charge in [-0.05, 0) is 18.4 Å². The van der Waals surface area contributed by atoms with E-state index in [1.54, 1.807) is 11.3 Å². The molecule has 6 nitrogen and oxygen atoms in total. The summed E-state index contributed by atoms with van der Waals surface area (Å²) in [6.07, 6.45) is 0. The number of hydrogen-bond acceptors (Lipinski definition) is 5. The van der Waals surface area contributed by atoms with Gasteiger partial charge < -0.3 is 10.6 Å². The highest BCUT2D eigenvalue weighted by molar-refractivity contribution is 7.09. The number of nitrogens with one attached hydrogen (secondary N) is 3. The van der Waals surface area contributed by atoms with Crippen LogP contribution in [0.5, 0.6) is 0 Å². The smallest absolute Gasteiger partial charge is 0.321 e. The fourth-order valence-corrected chi connectivity index (χ4v) is 2.74. The number of nitrogens with zero attached hydrogens (tertiary/aromatic N) is 1. The number of carbonyl (C=O) groups is 2. The van der Waals surface area contributed by atoms with Crippen LogP contribution < -0.4 is 16.0 Å². The average Bonchev–Trinajstić information content (AvgIpc) is 2.92. The third-order valence-corrected chi connectivity index (χ3v) is 4.12. The van der Waals surface area contributed by atoms with E-state index in [9.17, 15) is 9.59 Å². The Hall–Kier alpha value is -1.15. The van der Waals surface area contributed by atoms with Crippen molar-refractivity contribution in [2.24, 2.45) is 0 Å². The van der Waals surface area contributed by atoms with Crippen LogP contribution in [-0.4, -0.2) is 49.1 Å². The molecule has 0 saturated carbocycles. The summed E-state index contributed by atoms with van der Waals surface area (Å²) in [5.74, 6) is -0.262. The number of amides is 3. The molecule has 3 amide bonds. The molecule has 2 rings (SSSR count). The number of hydrogen-bond donors (Lipinski definition) is 3. The molecule has 2 heterocycles. The van der Waals surface area contributed by atoms with Gasteiger partial charge in [-0.3, -0.25) is 15.0 Å². The largest absolute Gasteiger partial charge is 0.333 e. The lowest BCUT2D eigenvalue weighted by molar-refractivity contribution is -0.121. The number of piperazine rings is 1. The van der Waals surface area contributed by atoms with E-state index in [1.165, 1.54) is 0 Å². The minimum absolute atomic E-state index is 0. The third kappa shape index (κ3) is 6.01. The summed E-state index contributed by atoms with van der Waals surface area (Å²) in [4.78, 5) is 26.5. The van der Waals surface area contributed by atoms with Gasteiger partial charge in [-0.1, -0.05) is 6.07 Å². The van der Waals surface area contributed by atoms with Crippen molar-refractivity contribution in [3.05, 3.63) is 22.4 Å². The standard InChI is InChI=1S/C13H20N4O2S.ClH/c1-10-7-14-4-5-17(10)9-12(18)16-13(19)15-8-11-3-2-6-20-11;/h2-3,6,10,14H,4-5,7-9H2,1H3,(H2,15,16,18,19);1H/t10-;/m1./s1. The Bertz CT molecular complexity index is 455. The molecule has 0 aromatic carbocycles. The molecule has 1 aliphatic heterocycles. The summed E-state index contributed by atoms with van der Waals surface area (Å²) in [5, 5.41) is 10.3. The Morgan fingerprint density at radius 1 is 1.52 bits per heavy atom. The van der Waals surface area contributed by atoms with Crippen molar-refractivity contribution in [2.45, 2.75) is 19.5 Å². The highest BCUT2D eigenvalue weighted by atomic mass is 35.5. The fraction of sp³-hybridized carbons (Fsp3) is 0.538. The van der Waals surface area contributed by atoms with Crippen LogP contribution in [0, 0.1) is 0 Å². The minimum atomic E-state index is -0.439. The normalized spacial score (nSPS) is 18.6. The van der Waals surface area contributed by atoms with Crippen LogP contribution in [0.1, 0.15) is 11.8 Å². The van der Waals surface area contributed by atoms with Gasteiger partial charge in [0.05, 0.1) is 13.1 Å². The second kappa shape index (κ2) is 8.99. The molecule has 1 fully saturated rings. The van der Waals surface area contributed by atoms with E-state index < -0.39 is 6.03 Å². The van der Waals surface area contributed by atoms with Gasteiger partial charge in [-0.2, -0.15) is 0 Å². The second-order valence-electron chi connectivity index (χ2n) is 4.83. The van der Waals surface area contributed by atoms with Crippen molar-refractivity contribution in [3.63, 3.8) is 0 Å². The van der Waals surface area contributed by atoms with Crippen LogP contribution in [0.2, 0.25) is 0 Å². The minimum Gasteiger partial charge on any atom is -0.333 e. The van der Waals surface area contributed by atoms with Crippen LogP contribution in [-0.2, 0) is 11.3 Å². The lowest BCUT2D eigenvalue weighted by Crippen LogP contribution is -2.53. The molecule has 0 unspecified atom stereocenters. The van der Waals surface area contributed by atoms with Crippen molar-refractivity contribution in [2.75, 3.05) is 26.2 Å². The quantitative estimate of drug-likeness (QED) is 0.762. The first-order chi connectivity index (χ1) is 9.65. The van der Waals surface area contributed by atoms with Gasteiger partial charge in [0.1, 0.15) is 0 Å². The third-order valence-electron chi connectivity index (χ3n) is 3.24. The number of thiophene rings is 1. The predicted molar refractivity (Wildman–Crippen MR) is 85.9 cm³/mol. The fourth-order valence-electron chi connectivity index (χ4n) is 2.09. The zero-order chi connectivity index (χ0) is 14.4. The Balaban J connectivity index is 0.00000220. The van der Waals surface area contributed by atoms with E-state index in [4.69, 9.17) is 0 Å². The van der Waals surface area contributed by atoms with Crippen LogP contribution in [0.4, 0.5) is 4.79 Å². The molecular formula is C13H21ClN4O2S. The summed E-state index contributed by atoms with van der Waals surface area (Å²) in [6, 6.07) is 3.74. The van der Waals surface area contributed by atoms with Crippen LogP contribution in [0.25, 0.3) is 0 Å². The molecule has 1 saturated heterocycles. The lowest BCUT2D eigenvalue weighted by atomic mass is 10.2.